The van der Waals surface area contributed by atoms with Gasteiger partial charge < -0.3 is 24.9 Å². The molecule has 0 aliphatic rings. The molecule has 0 bridgehead atoms. The number of carbonyl (C=O) groups is 3. The van der Waals surface area contributed by atoms with Gasteiger partial charge in [-0.3, -0.25) is 14.4 Å². The normalized spacial score (nSPS) is 11.6. The second kappa shape index (κ2) is 8.15. The van der Waals surface area contributed by atoms with Gasteiger partial charge in [0.25, 0.3) is 5.91 Å². The molecule has 26 heavy (non-hydrogen) atoms. The van der Waals surface area contributed by atoms with E-state index < -0.39 is 36.0 Å². The van der Waals surface area contributed by atoms with Crippen LogP contribution in [0.1, 0.15) is 12.5 Å². The number of carboxylic acids is 1. The smallest absolute Gasteiger partial charge is 0.336 e. The molecule has 1 atom stereocenters. The molecule has 0 unspecified atom stereocenters. The Labute approximate surface area is 147 Å². The Hall–Kier alpha value is -3.36. The summed E-state index contributed by atoms with van der Waals surface area (Å²) in [6.07, 6.45) is 0. The fourth-order valence-corrected chi connectivity index (χ4v) is 2.21. The number of hydrogen-bond donors (Lipinski definition) is 3. The van der Waals surface area contributed by atoms with E-state index in [0.717, 1.165) is 10.9 Å². The van der Waals surface area contributed by atoms with E-state index in [1.165, 1.54) is 19.1 Å². The van der Waals surface area contributed by atoms with Crippen molar-refractivity contribution in [2.75, 3.05) is 13.2 Å². The molecule has 2 aromatic rings. The maximum atomic E-state index is 11.8. The Bertz CT molecular complexity index is 904. The van der Waals surface area contributed by atoms with Gasteiger partial charge in [-0.2, -0.15) is 0 Å². The highest BCUT2D eigenvalue weighted by Gasteiger charge is 2.16. The lowest BCUT2D eigenvalue weighted by Gasteiger charge is -2.14. The molecule has 0 fully saturated rings. The van der Waals surface area contributed by atoms with Crippen molar-refractivity contribution in [2.45, 2.75) is 19.9 Å². The van der Waals surface area contributed by atoms with E-state index >= 15 is 0 Å². The highest BCUT2D eigenvalue weighted by Crippen LogP contribution is 2.22. The standard InChI is InChI=1S/C17H18N2O7/c1-9-5-16(23)26-13-6-11(3-4-12(9)13)25-8-14(20)19-10(2)17(24)18-7-15(21)22/h3-6,10H,7-8H2,1-2H3,(H,18,24)(H,19,20)(H,21,22)/t10-/m0/s1. The van der Waals surface area contributed by atoms with E-state index in [9.17, 15) is 19.2 Å². The first-order valence-electron chi connectivity index (χ1n) is 7.72. The third-order valence-electron chi connectivity index (χ3n) is 3.48. The zero-order chi connectivity index (χ0) is 19.3. The minimum atomic E-state index is -1.18. The number of amides is 2. The lowest BCUT2D eigenvalue weighted by molar-refractivity contribution is -0.138. The van der Waals surface area contributed by atoms with Crippen molar-refractivity contribution in [3.05, 3.63) is 40.2 Å². The predicted octanol–water partition coefficient (Wildman–Crippen LogP) is 0.186. The lowest BCUT2D eigenvalue weighted by Crippen LogP contribution is -2.47. The summed E-state index contributed by atoms with van der Waals surface area (Å²) in [5, 5.41) is 13.8. The van der Waals surface area contributed by atoms with Gasteiger partial charge in [-0.05, 0) is 31.5 Å². The van der Waals surface area contributed by atoms with Crippen molar-refractivity contribution >= 4 is 28.8 Å². The van der Waals surface area contributed by atoms with Crippen LogP contribution in [0, 0.1) is 6.92 Å². The molecule has 0 aliphatic heterocycles. The fourth-order valence-electron chi connectivity index (χ4n) is 2.21. The number of ether oxygens (including phenoxy) is 1. The molecule has 2 amide bonds. The van der Waals surface area contributed by atoms with Crippen LogP contribution in [0.15, 0.2) is 33.5 Å². The van der Waals surface area contributed by atoms with Crippen molar-refractivity contribution in [1.82, 2.24) is 10.6 Å². The molecule has 1 aromatic carbocycles. The Morgan fingerprint density at radius 3 is 2.69 bits per heavy atom. The highest BCUT2D eigenvalue weighted by atomic mass is 16.5. The summed E-state index contributed by atoms with van der Waals surface area (Å²) >= 11 is 0. The molecule has 1 heterocycles. The number of benzene rings is 1. The summed E-state index contributed by atoms with van der Waals surface area (Å²) in [4.78, 5) is 45.2. The van der Waals surface area contributed by atoms with Gasteiger partial charge >= 0.3 is 11.6 Å². The first kappa shape index (κ1) is 19.0. The second-order valence-electron chi connectivity index (χ2n) is 5.60. The summed E-state index contributed by atoms with van der Waals surface area (Å²) < 4.78 is 10.4. The van der Waals surface area contributed by atoms with E-state index in [-0.39, 0.29) is 6.61 Å². The van der Waals surface area contributed by atoms with Crippen LogP contribution in [0.5, 0.6) is 5.75 Å². The van der Waals surface area contributed by atoms with Gasteiger partial charge in [0, 0.05) is 17.5 Å². The van der Waals surface area contributed by atoms with Crippen molar-refractivity contribution in [3.63, 3.8) is 0 Å². The maximum absolute atomic E-state index is 11.8. The molecule has 9 nitrogen and oxygen atoms in total. The third kappa shape index (κ3) is 5.07. The van der Waals surface area contributed by atoms with E-state index in [1.54, 1.807) is 19.1 Å². The van der Waals surface area contributed by atoms with Gasteiger partial charge in [0.1, 0.15) is 23.9 Å². The third-order valence-corrected chi connectivity index (χ3v) is 3.48. The average molecular weight is 362 g/mol. The molecule has 3 N–H and O–H groups in total. The molecule has 0 radical (unpaired) electrons. The molecule has 0 saturated heterocycles. The minimum absolute atomic E-state index is 0.324. The van der Waals surface area contributed by atoms with Crippen LogP contribution < -0.4 is 21.0 Å². The zero-order valence-corrected chi connectivity index (χ0v) is 14.2. The molecule has 0 spiro atoms. The largest absolute Gasteiger partial charge is 0.484 e. The topological polar surface area (TPSA) is 135 Å². The Balaban J connectivity index is 1.92. The first-order valence-corrected chi connectivity index (χ1v) is 7.72. The molecule has 138 valence electrons. The number of nitrogens with one attached hydrogen (secondary N) is 2. The van der Waals surface area contributed by atoms with Crippen LogP contribution in [0.4, 0.5) is 0 Å². The van der Waals surface area contributed by atoms with E-state index in [2.05, 4.69) is 10.6 Å². The van der Waals surface area contributed by atoms with Gasteiger partial charge in [0.15, 0.2) is 6.61 Å². The van der Waals surface area contributed by atoms with Crippen molar-refractivity contribution in [1.29, 1.82) is 0 Å². The van der Waals surface area contributed by atoms with Crippen molar-refractivity contribution in [3.8, 4) is 5.75 Å². The maximum Gasteiger partial charge on any atom is 0.336 e. The summed E-state index contributed by atoms with van der Waals surface area (Å²) in [5.74, 6) is -2.04. The van der Waals surface area contributed by atoms with Crippen LogP contribution in [-0.4, -0.2) is 42.1 Å². The molecule has 1 aromatic heterocycles. The lowest BCUT2D eigenvalue weighted by atomic mass is 10.1. The monoisotopic (exact) mass is 362 g/mol. The summed E-state index contributed by atoms with van der Waals surface area (Å²) in [7, 11) is 0. The Kier molecular flexibility index (Phi) is 5.94. The number of carboxylic acid groups (broad SMARTS) is 1. The van der Waals surface area contributed by atoms with Gasteiger partial charge in [-0.1, -0.05) is 0 Å². The van der Waals surface area contributed by atoms with E-state index in [4.69, 9.17) is 14.3 Å². The number of fused-ring (bicyclic) bond motifs is 1. The zero-order valence-electron chi connectivity index (χ0n) is 14.2. The second-order valence-corrected chi connectivity index (χ2v) is 5.60. The number of carbonyl (C=O) groups excluding carboxylic acids is 2. The Morgan fingerprint density at radius 1 is 1.27 bits per heavy atom. The van der Waals surface area contributed by atoms with Crippen molar-refractivity contribution in [2.24, 2.45) is 0 Å². The van der Waals surface area contributed by atoms with E-state index in [1.807, 2.05) is 0 Å². The van der Waals surface area contributed by atoms with Gasteiger partial charge in [0.2, 0.25) is 5.91 Å². The number of hydrogen-bond acceptors (Lipinski definition) is 6. The molecule has 0 aliphatic carbocycles. The SMILES string of the molecule is Cc1cc(=O)oc2cc(OCC(=O)N[C@@H](C)C(=O)NCC(=O)O)ccc12. The van der Waals surface area contributed by atoms with Crippen LogP contribution in [0.25, 0.3) is 11.0 Å². The van der Waals surface area contributed by atoms with Crippen LogP contribution in [-0.2, 0) is 14.4 Å². The van der Waals surface area contributed by atoms with E-state index in [0.29, 0.717) is 11.3 Å². The summed E-state index contributed by atoms with van der Waals surface area (Å²) in [5.41, 5.74) is 0.627. The van der Waals surface area contributed by atoms with Crippen LogP contribution >= 0.6 is 0 Å². The van der Waals surface area contributed by atoms with Gasteiger partial charge in [0.05, 0.1) is 0 Å². The Morgan fingerprint density at radius 2 is 2.00 bits per heavy atom. The molecular formula is C17H18N2O7. The van der Waals surface area contributed by atoms with Gasteiger partial charge in [-0.15, -0.1) is 0 Å². The fraction of sp³-hybridized carbons (Fsp3) is 0.294. The first-order chi connectivity index (χ1) is 12.3. The molecule has 0 saturated carbocycles. The average Bonchev–Trinajstić information content (AvgIpc) is 2.57. The summed E-state index contributed by atoms with van der Waals surface area (Å²) in [6, 6.07) is 5.31. The number of aliphatic carboxylic acids is 1. The highest BCUT2D eigenvalue weighted by molar-refractivity contribution is 5.89. The van der Waals surface area contributed by atoms with Crippen LogP contribution in [0.2, 0.25) is 0 Å². The minimum Gasteiger partial charge on any atom is -0.484 e. The van der Waals surface area contributed by atoms with Crippen LogP contribution in [0.3, 0.4) is 0 Å². The number of rotatable bonds is 7. The van der Waals surface area contributed by atoms with Crippen molar-refractivity contribution < 1.29 is 28.6 Å². The number of aryl methyl sites for hydroxylation is 1. The molecule has 2 rings (SSSR count). The van der Waals surface area contributed by atoms with Gasteiger partial charge in [-0.25, -0.2) is 4.79 Å². The summed E-state index contributed by atoms with van der Waals surface area (Å²) in [6.45, 7) is 2.31. The predicted molar refractivity (Wildman–Crippen MR) is 91.0 cm³/mol. The quantitative estimate of drug-likeness (QED) is 0.598. The molecular weight excluding hydrogens is 344 g/mol. The molecule has 9 heteroatoms.